The van der Waals surface area contributed by atoms with E-state index in [2.05, 4.69) is 5.32 Å². The fourth-order valence-corrected chi connectivity index (χ4v) is 1.54. The van der Waals surface area contributed by atoms with Crippen LogP contribution in [0, 0.1) is 0 Å². The number of allylic oxidation sites excluding steroid dienone is 1. The van der Waals surface area contributed by atoms with Crippen LogP contribution in [-0.4, -0.2) is 13.2 Å². The molecule has 0 saturated carbocycles. The smallest absolute Gasteiger partial charge is 0.141 e. The Hall–Kier alpha value is -1.74. The fourth-order valence-electron chi connectivity index (χ4n) is 1.54. The van der Waals surface area contributed by atoms with Gasteiger partial charge in [0.15, 0.2) is 0 Å². The fraction of sp³-hybridized carbons (Fsp3) is 0.286. The zero-order valence-electron chi connectivity index (χ0n) is 9.98. The molecule has 3 nitrogen and oxygen atoms in total. The zero-order chi connectivity index (χ0) is 11.9. The van der Waals surface area contributed by atoms with Crippen molar-refractivity contribution in [1.82, 2.24) is 5.32 Å². The van der Waals surface area contributed by atoms with E-state index in [0.29, 0.717) is 19.8 Å². The van der Waals surface area contributed by atoms with E-state index in [9.17, 15) is 0 Å². The van der Waals surface area contributed by atoms with Crippen molar-refractivity contribution in [3.05, 3.63) is 59.6 Å². The molecule has 17 heavy (non-hydrogen) atoms. The van der Waals surface area contributed by atoms with Crippen molar-refractivity contribution in [1.29, 1.82) is 0 Å². The number of rotatable bonds is 3. The predicted octanol–water partition coefficient (Wildman–Crippen LogP) is 2.57. The Kier molecular flexibility index (Phi) is 4.22. The lowest BCUT2D eigenvalue weighted by Crippen LogP contribution is -2.14. The summed E-state index contributed by atoms with van der Waals surface area (Å²) in [7, 11) is 0. The Morgan fingerprint density at radius 2 is 2.12 bits per heavy atom. The molecule has 2 rings (SSSR count). The van der Waals surface area contributed by atoms with Crippen LogP contribution in [0.15, 0.2) is 54.1 Å². The van der Waals surface area contributed by atoms with Gasteiger partial charge in [-0.15, -0.1) is 0 Å². The lowest BCUT2D eigenvalue weighted by molar-refractivity contribution is 0.102. The van der Waals surface area contributed by atoms with Gasteiger partial charge in [-0.25, -0.2) is 0 Å². The highest BCUT2D eigenvalue weighted by atomic mass is 16.5. The molecule has 1 heterocycles. The van der Waals surface area contributed by atoms with E-state index in [0.717, 1.165) is 17.0 Å². The second-order valence-electron chi connectivity index (χ2n) is 3.88. The summed E-state index contributed by atoms with van der Waals surface area (Å²) >= 11 is 0. The molecule has 0 fully saturated rings. The third-order valence-corrected chi connectivity index (χ3v) is 2.54. The molecule has 1 N–H and O–H groups in total. The first-order valence-corrected chi connectivity index (χ1v) is 5.72. The van der Waals surface area contributed by atoms with Crippen molar-refractivity contribution in [2.45, 2.75) is 13.5 Å². The van der Waals surface area contributed by atoms with E-state index < -0.39 is 0 Å². The topological polar surface area (TPSA) is 30.5 Å². The van der Waals surface area contributed by atoms with Crippen molar-refractivity contribution in [2.75, 3.05) is 13.2 Å². The van der Waals surface area contributed by atoms with Crippen molar-refractivity contribution in [2.24, 2.45) is 0 Å². The molecule has 1 aliphatic rings. The van der Waals surface area contributed by atoms with Gasteiger partial charge in [-0.3, -0.25) is 0 Å². The third kappa shape index (κ3) is 3.64. The summed E-state index contributed by atoms with van der Waals surface area (Å²) in [5.74, 6) is 0.859. The Morgan fingerprint density at radius 1 is 1.29 bits per heavy atom. The molecule has 90 valence electrons. The molecule has 3 heteroatoms. The SMILES string of the molecule is C/C1=C(\OCc2ccccc2)COC/C=C\N1. The van der Waals surface area contributed by atoms with E-state index in [-0.39, 0.29) is 0 Å². The largest absolute Gasteiger partial charge is 0.489 e. The summed E-state index contributed by atoms with van der Waals surface area (Å²) in [5.41, 5.74) is 2.15. The van der Waals surface area contributed by atoms with Crippen LogP contribution in [0.3, 0.4) is 0 Å². The van der Waals surface area contributed by atoms with Gasteiger partial charge in [-0.2, -0.15) is 0 Å². The maximum atomic E-state index is 5.78. The van der Waals surface area contributed by atoms with Gasteiger partial charge in [-0.1, -0.05) is 30.3 Å². The Labute approximate surface area is 102 Å². The quantitative estimate of drug-likeness (QED) is 0.867. The highest BCUT2D eigenvalue weighted by molar-refractivity contribution is 5.15. The average molecular weight is 231 g/mol. The first-order chi connectivity index (χ1) is 8.36. The van der Waals surface area contributed by atoms with Gasteiger partial charge in [0, 0.05) is 0 Å². The lowest BCUT2D eigenvalue weighted by atomic mass is 10.2. The lowest BCUT2D eigenvalue weighted by Gasteiger charge is -2.16. The van der Waals surface area contributed by atoms with E-state index in [1.54, 1.807) is 0 Å². The second kappa shape index (κ2) is 6.11. The first-order valence-electron chi connectivity index (χ1n) is 5.72. The molecule has 0 bridgehead atoms. The van der Waals surface area contributed by atoms with E-state index in [1.807, 2.05) is 49.5 Å². The summed E-state index contributed by atoms with van der Waals surface area (Å²) in [4.78, 5) is 0. The summed E-state index contributed by atoms with van der Waals surface area (Å²) in [5, 5.41) is 3.16. The van der Waals surface area contributed by atoms with Gasteiger partial charge in [0.25, 0.3) is 0 Å². The van der Waals surface area contributed by atoms with Gasteiger partial charge in [-0.05, 0) is 24.8 Å². The van der Waals surface area contributed by atoms with Gasteiger partial charge in [0.05, 0.1) is 12.3 Å². The Bertz CT molecular complexity index is 409. The maximum Gasteiger partial charge on any atom is 0.141 e. The molecule has 0 spiro atoms. The van der Waals surface area contributed by atoms with Crippen molar-refractivity contribution in [3.63, 3.8) is 0 Å². The zero-order valence-corrected chi connectivity index (χ0v) is 9.98. The normalized spacial score (nSPS) is 22.2. The summed E-state index contributed by atoms with van der Waals surface area (Å²) in [6.45, 7) is 3.68. The van der Waals surface area contributed by atoms with Crippen molar-refractivity contribution >= 4 is 0 Å². The number of nitrogens with one attached hydrogen (secondary N) is 1. The minimum absolute atomic E-state index is 0.510. The molecule has 0 radical (unpaired) electrons. The molecule has 1 aliphatic heterocycles. The Morgan fingerprint density at radius 3 is 2.94 bits per heavy atom. The van der Waals surface area contributed by atoms with E-state index >= 15 is 0 Å². The minimum atomic E-state index is 0.510. The molecule has 0 unspecified atom stereocenters. The molecule has 0 atom stereocenters. The number of hydrogen-bond acceptors (Lipinski definition) is 3. The molecule has 0 aromatic heterocycles. The number of benzene rings is 1. The third-order valence-electron chi connectivity index (χ3n) is 2.54. The average Bonchev–Trinajstić information content (AvgIpc) is 2.35. The summed E-state index contributed by atoms with van der Waals surface area (Å²) in [6, 6.07) is 10.1. The standard InChI is InChI=1S/C14H17NO2/c1-12-14(11-16-9-5-8-15-12)17-10-13-6-3-2-4-7-13/h2-8,15H,9-11H2,1H3/b8-5-,14-12+. The van der Waals surface area contributed by atoms with Crippen LogP contribution in [0.25, 0.3) is 0 Å². The summed E-state index contributed by atoms with van der Waals surface area (Å²) in [6.07, 6.45) is 3.82. The maximum absolute atomic E-state index is 5.78. The van der Waals surface area contributed by atoms with Crippen molar-refractivity contribution in [3.8, 4) is 0 Å². The van der Waals surface area contributed by atoms with E-state index in [1.165, 1.54) is 0 Å². The molecular formula is C14H17NO2. The number of hydrogen-bond donors (Lipinski definition) is 1. The summed E-state index contributed by atoms with van der Waals surface area (Å²) < 4.78 is 11.2. The minimum Gasteiger partial charge on any atom is -0.489 e. The van der Waals surface area contributed by atoms with Crippen LogP contribution in [-0.2, 0) is 16.1 Å². The number of ether oxygens (including phenoxy) is 2. The monoisotopic (exact) mass is 231 g/mol. The van der Waals surface area contributed by atoms with Gasteiger partial charge < -0.3 is 14.8 Å². The van der Waals surface area contributed by atoms with Gasteiger partial charge >= 0.3 is 0 Å². The van der Waals surface area contributed by atoms with Crippen LogP contribution in [0.1, 0.15) is 12.5 Å². The highest BCUT2D eigenvalue weighted by Crippen LogP contribution is 2.10. The van der Waals surface area contributed by atoms with Crippen LogP contribution in [0.2, 0.25) is 0 Å². The van der Waals surface area contributed by atoms with Crippen LogP contribution in [0.4, 0.5) is 0 Å². The van der Waals surface area contributed by atoms with Gasteiger partial charge in [0.2, 0.25) is 0 Å². The molecule has 0 amide bonds. The second-order valence-corrected chi connectivity index (χ2v) is 3.88. The van der Waals surface area contributed by atoms with Crippen LogP contribution < -0.4 is 5.32 Å². The van der Waals surface area contributed by atoms with Gasteiger partial charge in [0.1, 0.15) is 19.0 Å². The molecule has 1 aromatic rings. The Balaban J connectivity index is 1.97. The molecule has 1 aromatic carbocycles. The predicted molar refractivity (Wildman–Crippen MR) is 67.0 cm³/mol. The molecule has 0 aliphatic carbocycles. The molecular weight excluding hydrogens is 214 g/mol. The van der Waals surface area contributed by atoms with E-state index in [4.69, 9.17) is 9.47 Å². The van der Waals surface area contributed by atoms with Crippen LogP contribution in [0.5, 0.6) is 0 Å². The molecule has 0 saturated heterocycles. The van der Waals surface area contributed by atoms with Crippen LogP contribution >= 0.6 is 0 Å². The highest BCUT2D eigenvalue weighted by Gasteiger charge is 2.06. The first kappa shape index (κ1) is 11.7. The van der Waals surface area contributed by atoms with Crippen molar-refractivity contribution < 1.29 is 9.47 Å².